The summed E-state index contributed by atoms with van der Waals surface area (Å²) in [6.45, 7) is 4.03. The summed E-state index contributed by atoms with van der Waals surface area (Å²) in [5.41, 5.74) is 8.99. The summed E-state index contributed by atoms with van der Waals surface area (Å²) in [5, 5.41) is 21.1. The minimum Gasteiger partial charge on any atom is -0.384 e. The molecule has 1 aromatic carbocycles. The molecule has 2 aromatic rings. The van der Waals surface area contributed by atoms with E-state index in [1.54, 1.807) is 35.5 Å². The van der Waals surface area contributed by atoms with E-state index in [2.05, 4.69) is 11.1 Å². The van der Waals surface area contributed by atoms with Crippen LogP contribution in [-0.4, -0.2) is 15.7 Å². The second-order valence-electron chi connectivity index (χ2n) is 8.54. The molecular weight excluding hydrogens is 394 g/mol. The van der Waals surface area contributed by atoms with E-state index in [0.717, 1.165) is 11.3 Å². The highest BCUT2D eigenvalue weighted by atomic mass is 16.6. The van der Waals surface area contributed by atoms with Crippen LogP contribution in [0.25, 0.3) is 0 Å². The van der Waals surface area contributed by atoms with Gasteiger partial charge in [-0.25, -0.2) is 0 Å². The molecule has 1 aliphatic carbocycles. The third-order valence-corrected chi connectivity index (χ3v) is 5.72. The Labute approximate surface area is 179 Å². The number of anilines is 1. The molecule has 0 saturated carbocycles. The maximum absolute atomic E-state index is 13.3. The number of carbonyl (C=O) groups is 1. The molecule has 2 heterocycles. The molecule has 1 aromatic heterocycles. The molecule has 0 bridgehead atoms. The lowest BCUT2D eigenvalue weighted by Crippen LogP contribution is -2.42. The fourth-order valence-corrected chi connectivity index (χ4v) is 4.41. The maximum Gasteiger partial charge on any atom is 0.269 e. The minimum atomic E-state index is -0.591. The summed E-state index contributed by atoms with van der Waals surface area (Å²) >= 11 is 0. The largest absolute Gasteiger partial charge is 0.384 e. The zero-order valence-corrected chi connectivity index (χ0v) is 17.2. The first-order valence-electron chi connectivity index (χ1n) is 9.84. The fraction of sp³-hybridized carbons (Fsp3) is 0.261. The SMILES string of the molecule is CC1(C)CC(=O)C2=C(C1)N(c1ccc([N+](=O)[O-])cc1)C(N)=C(C#N)[C@H]2c1cccnc1. The molecule has 0 radical (unpaired) electrons. The van der Waals surface area contributed by atoms with Gasteiger partial charge in [-0.05, 0) is 35.6 Å². The summed E-state index contributed by atoms with van der Waals surface area (Å²) in [6.07, 6.45) is 4.21. The number of nitro benzene ring substituents is 1. The van der Waals surface area contributed by atoms with Crippen molar-refractivity contribution in [2.75, 3.05) is 4.90 Å². The molecule has 4 rings (SSSR count). The highest BCUT2D eigenvalue weighted by Crippen LogP contribution is 2.50. The number of rotatable bonds is 3. The van der Waals surface area contributed by atoms with Crippen LogP contribution in [0.15, 0.2) is 71.5 Å². The third-order valence-electron chi connectivity index (χ3n) is 5.72. The number of hydrogen-bond acceptors (Lipinski definition) is 7. The molecule has 31 heavy (non-hydrogen) atoms. The highest BCUT2D eigenvalue weighted by molar-refractivity contribution is 6.01. The van der Waals surface area contributed by atoms with Crippen LogP contribution >= 0.6 is 0 Å². The van der Waals surface area contributed by atoms with Crippen LogP contribution in [-0.2, 0) is 4.79 Å². The van der Waals surface area contributed by atoms with Crippen molar-refractivity contribution < 1.29 is 9.72 Å². The topological polar surface area (TPSA) is 126 Å². The van der Waals surface area contributed by atoms with Crippen LogP contribution in [0.3, 0.4) is 0 Å². The Hall–Kier alpha value is -3.99. The van der Waals surface area contributed by atoms with Crippen LogP contribution in [0.1, 0.15) is 38.2 Å². The first-order valence-corrected chi connectivity index (χ1v) is 9.84. The van der Waals surface area contributed by atoms with Gasteiger partial charge in [0.15, 0.2) is 5.78 Å². The van der Waals surface area contributed by atoms with Crippen molar-refractivity contribution in [3.8, 4) is 6.07 Å². The molecule has 8 nitrogen and oxygen atoms in total. The first kappa shape index (κ1) is 20.3. The number of nitro groups is 1. The zero-order chi connectivity index (χ0) is 22.3. The molecule has 2 N–H and O–H groups in total. The van der Waals surface area contributed by atoms with E-state index in [1.165, 1.54) is 12.1 Å². The lowest BCUT2D eigenvalue weighted by atomic mass is 9.68. The average Bonchev–Trinajstić information content (AvgIpc) is 2.73. The van der Waals surface area contributed by atoms with Gasteiger partial charge in [0.2, 0.25) is 0 Å². The second kappa shape index (κ2) is 7.36. The van der Waals surface area contributed by atoms with E-state index in [0.29, 0.717) is 24.1 Å². The third kappa shape index (κ3) is 3.44. The van der Waals surface area contributed by atoms with E-state index in [1.807, 2.05) is 19.9 Å². The number of nitrogens with two attached hydrogens (primary N) is 1. The monoisotopic (exact) mass is 415 g/mol. The normalized spacial score (nSPS) is 20.4. The number of carbonyl (C=O) groups excluding carboxylic acids is 1. The van der Waals surface area contributed by atoms with Gasteiger partial charge in [-0.15, -0.1) is 0 Å². The lowest BCUT2D eigenvalue weighted by Gasteiger charge is -2.43. The van der Waals surface area contributed by atoms with Gasteiger partial charge in [-0.2, -0.15) is 5.26 Å². The summed E-state index contributed by atoms with van der Waals surface area (Å²) < 4.78 is 0. The number of nitrogens with zero attached hydrogens (tertiary/aromatic N) is 4. The average molecular weight is 415 g/mol. The first-order chi connectivity index (χ1) is 14.7. The summed E-state index contributed by atoms with van der Waals surface area (Å²) in [6, 6.07) is 11.7. The van der Waals surface area contributed by atoms with Crippen LogP contribution in [0.4, 0.5) is 11.4 Å². The van der Waals surface area contributed by atoms with E-state index >= 15 is 0 Å². The number of hydrogen-bond donors (Lipinski definition) is 1. The maximum atomic E-state index is 13.3. The highest BCUT2D eigenvalue weighted by Gasteiger charge is 2.44. The van der Waals surface area contributed by atoms with E-state index in [9.17, 15) is 20.2 Å². The number of Topliss-reactive ketones (excluding diaryl/α,β-unsaturated/α-hetero) is 1. The molecule has 1 atom stereocenters. The minimum absolute atomic E-state index is 0.0349. The van der Waals surface area contributed by atoms with E-state index in [4.69, 9.17) is 5.73 Å². The van der Waals surface area contributed by atoms with Gasteiger partial charge in [0, 0.05) is 47.9 Å². The number of ketones is 1. The van der Waals surface area contributed by atoms with Gasteiger partial charge in [-0.3, -0.25) is 24.8 Å². The van der Waals surface area contributed by atoms with Crippen LogP contribution in [0, 0.1) is 26.9 Å². The van der Waals surface area contributed by atoms with Crippen molar-refractivity contribution in [2.24, 2.45) is 11.1 Å². The molecule has 0 unspecified atom stereocenters. The molecule has 0 saturated heterocycles. The van der Waals surface area contributed by atoms with Gasteiger partial charge >= 0.3 is 0 Å². The van der Waals surface area contributed by atoms with Crippen molar-refractivity contribution in [1.82, 2.24) is 4.98 Å². The van der Waals surface area contributed by atoms with Gasteiger partial charge < -0.3 is 5.73 Å². The quantitative estimate of drug-likeness (QED) is 0.594. The van der Waals surface area contributed by atoms with Gasteiger partial charge in [-0.1, -0.05) is 19.9 Å². The molecule has 8 heteroatoms. The van der Waals surface area contributed by atoms with Crippen LogP contribution in [0.2, 0.25) is 0 Å². The Balaban J connectivity index is 1.96. The number of non-ortho nitro benzene ring substituents is 1. The van der Waals surface area contributed by atoms with Crippen molar-refractivity contribution in [3.05, 3.63) is 87.1 Å². The molecule has 1 aliphatic heterocycles. The van der Waals surface area contributed by atoms with Crippen molar-refractivity contribution in [2.45, 2.75) is 32.6 Å². The Morgan fingerprint density at radius 1 is 1.26 bits per heavy atom. The Kier molecular flexibility index (Phi) is 4.82. The summed E-state index contributed by atoms with van der Waals surface area (Å²) in [5.74, 6) is -0.409. The van der Waals surface area contributed by atoms with E-state index in [-0.39, 0.29) is 28.3 Å². The molecule has 0 amide bonds. The lowest BCUT2D eigenvalue weighted by molar-refractivity contribution is -0.384. The molecule has 0 fully saturated rings. The number of aromatic nitrogens is 1. The van der Waals surface area contributed by atoms with Crippen molar-refractivity contribution >= 4 is 17.2 Å². The number of pyridine rings is 1. The number of nitriles is 1. The Morgan fingerprint density at radius 2 is 1.97 bits per heavy atom. The number of allylic oxidation sites excluding steroid dienone is 3. The zero-order valence-electron chi connectivity index (χ0n) is 17.2. The van der Waals surface area contributed by atoms with Gasteiger partial charge in [0.25, 0.3) is 5.69 Å². The van der Waals surface area contributed by atoms with Gasteiger partial charge in [0.1, 0.15) is 5.82 Å². The summed E-state index contributed by atoms with van der Waals surface area (Å²) in [7, 11) is 0. The Bertz CT molecular complexity index is 1170. The van der Waals surface area contributed by atoms with E-state index < -0.39 is 10.8 Å². The van der Waals surface area contributed by atoms with Crippen molar-refractivity contribution in [3.63, 3.8) is 0 Å². The Morgan fingerprint density at radius 3 is 2.55 bits per heavy atom. The predicted molar refractivity (Wildman–Crippen MR) is 114 cm³/mol. The fourth-order valence-electron chi connectivity index (χ4n) is 4.41. The van der Waals surface area contributed by atoms with Gasteiger partial charge in [0.05, 0.1) is 22.5 Å². The summed E-state index contributed by atoms with van der Waals surface area (Å²) in [4.78, 5) is 29.8. The van der Waals surface area contributed by atoms with Crippen LogP contribution in [0.5, 0.6) is 0 Å². The second-order valence-corrected chi connectivity index (χ2v) is 8.54. The molecule has 0 spiro atoms. The molecular formula is C23H21N5O3. The predicted octanol–water partition coefficient (Wildman–Crippen LogP) is 3.93. The standard InChI is InChI=1S/C23H21N5O3/c1-23(2)10-18-21(19(29)11-23)20(14-4-3-9-26-13-14)17(12-24)22(25)27(18)15-5-7-16(8-6-15)28(30)31/h3-9,13,20H,10-11,25H2,1-2H3/t20-/m1/s1. The molecule has 156 valence electrons. The number of benzene rings is 1. The molecule has 2 aliphatic rings. The smallest absolute Gasteiger partial charge is 0.269 e. The van der Waals surface area contributed by atoms with Crippen LogP contribution < -0.4 is 10.6 Å². The van der Waals surface area contributed by atoms with Crippen molar-refractivity contribution in [1.29, 1.82) is 5.26 Å².